The number of hydrogen-bond acceptors (Lipinski definition) is 10. The minimum absolute atomic E-state index is 0.211. The van der Waals surface area contributed by atoms with Gasteiger partial charge in [0.2, 0.25) is 0 Å². The molecular weight excluding hydrogens is 785 g/mol. The van der Waals surface area contributed by atoms with Crippen LogP contribution in [-0.2, 0) is 28.5 Å². The van der Waals surface area contributed by atoms with Crippen molar-refractivity contribution in [3.63, 3.8) is 0 Å². The number of aliphatic hydroxyl groups is 4. The molecule has 0 aromatic heterocycles. The number of carbonyl (C=O) groups is 2. The summed E-state index contributed by atoms with van der Waals surface area (Å²) in [7, 11) is 0. The molecule has 10 heteroatoms. The molecular formula is C52H90O10. The first-order valence-corrected chi connectivity index (χ1v) is 24.9. The SMILES string of the molecule is CC/C=C\C/C=C\C/C=C\C/C=C\CCCCCCCCC(=O)OC(COC(=O)CCCCCCCCC/C=C\CCCCCCCCC)COC1OC(CO)C(O)C(O)C1O. The second-order valence-corrected chi connectivity index (χ2v) is 16.9. The molecule has 1 saturated heterocycles. The molecule has 1 fully saturated rings. The van der Waals surface area contributed by atoms with Gasteiger partial charge in [0.25, 0.3) is 0 Å². The molecule has 0 bridgehead atoms. The van der Waals surface area contributed by atoms with Gasteiger partial charge in [-0.25, -0.2) is 0 Å². The van der Waals surface area contributed by atoms with Crippen molar-refractivity contribution in [3.8, 4) is 0 Å². The molecule has 1 aliphatic rings. The molecule has 4 N–H and O–H groups in total. The average Bonchev–Trinajstić information content (AvgIpc) is 3.27. The Labute approximate surface area is 377 Å². The normalized spacial score (nSPS) is 20.1. The van der Waals surface area contributed by atoms with Gasteiger partial charge < -0.3 is 39.4 Å². The molecule has 0 aromatic carbocycles. The fourth-order valence-electron chi connectivity index (χ4n) is 7.23. The molecule has 1 rings (SSSR count). The summed E-state index contributed by atoms with van der Waals surface area (Å²) < 4.78 is 22.2. The largest absolute Gasteiger partial charge is 0.462 e. The Kier molecular flexibility index (Phi) is 39.2. The van der Waals surface area contributed by atoms with Gasteiger partial charge in [-0.2, -0.15) is 0 Å². The van der Waals surface area contributed by atoms with Crippen molar-refractivity contribution in [2.75, 3.05) is 19.8 Å². The molecule has 0 radical (unpaired) electrons. The summed E-state index contributed by atoms with van der Waals surface area (Å²) in [6, 6.07) is 0. The van der Waals surface area contributed by atoms with Crippen LogP contribution in [-0.4, -0.2) is 89.0 Å². The third kappa shape index (κ3) is 33.0. The lowest BCUT2D eigenvalue weighted by Gasteiger charge is -2.39. The number of hydrogen-bond donors (Lipinski definition) is 4. The molecule has 358 valence electrons. The van der Waals surface area contributed by atoms with Gasteiger partial charge in [0.05, 0.1) is 13.2 Å². The van der Waals surface area contributed by atoms with E-state index in [0.29, 0.717) is 6.42 Å². The topological polar surface area (TPSA) is 152 Å². The van der Waals surface area contributed by atoms with Gasteiger partial charge in [-0.15, -0.1) is 0 Å². The molecule has 6 atom stereocenters. The van der Waals surface area contributed by atoms with E-state index in [0.717, 1.165) is 96.3 Å². The number of ether oxygens (including phenoxy) is 4. The van der Waals surface area contributed by atoms with E-state index >= 15 is 0 Å². The van der Waals surface area contributed by atoms with Gasteiger partial charge in [-0.3, -0.25) is 9.59 Å². The molecule has 0 saturated carbocycles. The fraction of sp³-hybridized carbons (Fsp3) is 0.769. The average molecular weight is 875 g/mol. The Morgan fingerprint density at radius 3 is 1.45 bits per heavy atom. The zero-order valence-corrected chi connectivity index (χ0v) is 39.1. The lowest BCUT2D eigenvalue weighted by molar-refractivity contribution is -0.305. The highest BCUT2D eigenvalue weighted by molar-refractivity contribution is 5.70. The monoisotopic (exact) mass is 875 g/mol. The van der Waals surface area contributed by atoms with Crippen LogP contribution in [0.5, 0.6) is 0 Å². The highest BCUT2D eigenvalue weighted by Gasteiger charge is 2.44. The van der Waals surface area contributed by atoms with E-state index in [1.54, 1.807) is 0 Å². The lowest BCUT2D eigenvalue weighted by Crippen LogP contribution is -2.59. The first-order chi connectivity index (χ1) is 30.3. The van der Waals surface area contributed by atoms with E-state index in [-0.39, 0.29) is 32.0 Å². The molecule has 0 amide bonds. The highest BCUT2D eigenvalue weighted by atomic mass is 16.7. The van der Waals surface area contributed by atoms with Crippen LogP contribution in [0.1, 0.15) is 200 Å². The van der Waals surface area contributed by atoms with E-state index in [4.69, 9.17) is 18.9 Å². The number of aliphatic hydroxyl groups excluding tert-OH is 4. The van der Waals surface area contributed by atoms with E-state index < -0.39 is 49.4 Å². The summed E-state index contributed by atoms with van der Waals surface area (Å²) in [5, 5.41) is 40.2. The van der Waals surface area contributed by atoms with Gasteiger partial charge in [-0.1, -0.05) is 171 Å². The van der Waals surface area contributed by atoms with Gasteiger partial charge in [0, 0.05) is 12.8 Å². The van der Waals surface area contributed by atoms with Gasteiger partial charge in [0.15, 0.2) is 12.4 Å². The first kappa shape index (κ1) is 57.4. The number of unbranched alkanes of at least 4 members (excludes halogenated alkanes) is 20. The van der Waals surface area contributed by atoms with Crippen molar-refractivity contribution < 1.29 is 49.0 Å². The molecule has 0 aliphatic carbocycles. The highest BCUT2D eigenvalue weighted by Crippen LogP contribution is 2.23. The van der Waals surface area contributed by atoms with Crippen LogP contribution in [0.4, 0.5) is 0 Å². The van der Waals surface area contributed by atoms with Crippen LogP contribution in [0.2, 0.25) is 0 Å². The molecule has 10 nitrogen and oxygen atoms in total. The molecule has 1 heterocycles. The first-order valence-electron chi connectivity index (χ1n) is 24.9. The van der Waals surface area contributed by atoms with Gasteiger partial charge >= 0.3 is 11.9 Å². The summed E-state index contributed by atoms with van der Waals surface area (Å²) >= 11 is 0. The van der Waals surface area contributed by atoms with Crippen LogP contribution in [0, 0.1) is 0 Å². The summed E-state index contributed by atoms with van der Waals surface area (Å²) in [6.07, 6.45) is 45.0. The number of rotatable bonds is 41. The smallest absolute Gasteiger partial charge is 0.306 e. The van der Waals surface area contributed by atoms with Gasteiger partial charge in [0.1, 0.15) is 31.0 Å². The minimum Gasteiger partial charge on any atom is -0.462 e. The van der Waals surface area contributed by atoms with Crippen LogP contribution >= 0.6 is 0 Å². The zero-order chi connectivity index (χ0) is 45.1. The lowest BCUT2D eigenvalue weighted by atomic mass is 9.99. The van der Waals surface area contributed by atoms with Crippen molar-refractivity contribution in [1.29, 1.82) is 0 Å². The van der Waals surface area contributed by atoms with Crippen molar-refractivity contribution >= 4 is 11.9 Å². The van der Waals surface area contributed by atoms with Crippen molar-refractivity contribution in [2.24, 2.45) is 0 Å². The third-order valence-electron chi connectivity index (χ3n) is 11.1. The second kappa shape index (κ2) is 42.4. The molecule has 0 aromatic rings. The van der Waals surface area contributed by atoms with E-state index in [2.05, 4.69) is 74.6 Å². The van der Waals surface area contributed by atoms with Crippen molar-refractivity contribution in [1.82, 2.24) is 0 Å². The molecule has 1 aliphatic heterocycles. The fourth-order valence-corrected chi connectivity index (χ4v) is 7.23. The van der Waals surface area contributed by atoms with Crippen LogP contribution in [0.3, 0.4) is 0 Å². The summed E-state index contributed by atoms with van der Waals surface area (Å²) in [5.41, 5.74) is 0. The number of carbonyl (C=O) groups excluding carboxylic acids is 2. The molecule has 0 spiro atoms. The number of esters is 2. The summed E-state index contributed by atoms with van der Waals surface area (Å²) in [6.45, 7) is 3.30. The van der Waals surface area contributed by atoms with Crippen molar-refractivity contribution in [3.05, 3.63) is 60.8 Å². The maximum atomic E-state index is 12.8. The van der Waals surface area contributed by atoms with Crippen LogP contribution < -0.4 is 0 Å². The Balaban J connectivity index is 2.30. The standard InChI is InChI=1S/C52H90O10/c1-3-5-7-9-11-13-15-17-19-21-23-25-27-29-31-33-35-37-39-41-48(55)61-45(44-60-52-51(58)50(57)49(56)46(42-53)62-52)43-59-47(54)40-38-36-34-32-30-28-26-24-22-20-18-16-14-12-10-8-6-4-2/h5,7,11,13,17,19-20,22-23,25,45-46,49-53,56-58H,3-4,6,8-10,12,14-16,18,21,24,26-44H2,1-2H3/b7-5-,13-11-,19-17-,22-20-,25-23-. The third-order valence-corrected chi connectivity index (χ3v) is 11.1. The zero-order valence-electron chi connectivity index (χ0n) is 39.1. The Morgan fingerprint density at radius 2 is 0.952 bits per heavy atom. The minimum atomic E-state index is -1.60. The van der Waals surface area contributed by atoms with Crippen LogP contribution in [0.25, 0.3) is 0 Å². The van der Waals surface area contributed by atoms with E-state index in [1.807, 2.05) is 0 Å². The number of allylic oxidation sites excluding steroid dienone is 10. The summed E-state index contributed by atoms with van der Waals surface area (Å²) in [5.74, 6) is -0.827. The second-order valence-electron chi connectivity index (χ2n) is 16.9. The molecule has 6 unspecified atom stereocenters. The Bertz CT molecular complexity index is 1190. The van der Waals surface area contributed by atoms with Crippen LogP contribution in [0.15, 0.2) is 60.8 Å². The maximum Gasteiger partial charge on any atom is 0.306 e. The van der Waals surface area contributed by atoms with Gasteiger partial charge in [-0.05, 0) is 77.0 Å². The quantitative estimate of drug-likeness (QED) is 0.0265. The Morgan fingerprint density at radius 1 is 0.516 bits per heavy atom. The van der Waals surface area contributed by atoms with E-state index in [9.17, 15) is 30.0 Å². The maximum absolute atomic E-state index is 12.8. The summed E-state index contributed by atoms with van der Waals surface area (Å²) in [4.78, 5) is 25.4. The van der Waals surface area contributed by atoms with E-state index in [1.165, 1.54) is 70.6 Å². The van der Waals surface area contributed by atoms with Crippen molar-refractivity contribution in [2.45, 2.75) is 237 Å². The molecule has 62 heavy (non-hydrogen) atoms. The predicted octanol–water partition coefficient (Wildman–Crippen LogP) is 11.4. The predicted molar refractivity (Wildman–Crippen MR) is 251 cm³/mol. The Hall–Kier alpha value is -2.60.